The first-order valence-electron chi connectivity index (χ1n) is 6.81. The highest BCUT2D eigenvalue weighted by Crippen LogP contribution is 2.59. The summed E-state index contributed by atoms with van der Waals surface area (Å²) in [6.07, 6.45) is 1.59. The molecule has 0 N–H and O–H groups in total. The van der Waals surface area contributed by atoms with E-state index in [-0.39, 0.29) is 0 Å². The Morgan fingerprint density at radius 1 is 1.00 bits per heavy atom. The van der Waals surface area contributed by atoms with E-state index in [0.717, 1.165) is 5.69 Å². The summed E-state index contributed by atoms with van der Waals surface area (Å²) in [7, 11) is -3.19. The number of para-hydroxylation sites is 2. The van der Waals surface area contributed by atoms with Gasteiger partial charge in [0.1, 0.15) is 5.75 Å². The molecule has 0 bridgehead atoms. The zero-order valence-electron chi connectivity index (χ0n) is 11.6. The molecule has 1 aliphatic rings. The van der Waals surface area contributed by atoms with Gasteiger partial charge in [0.25, 0.3) is 0 Å². The van der Waals surface area contributed by atoms with E-state index < -0.39 is 7.67 Å². The lowest BCUT2D eigenvalue weighted by Gasteiger charge is -2.29. The van der Waals surface area contributed by atoms with Crippen molar-refractivity contribution in [2.45, 2.75) is 0 Å². The van der Waals surface area contributed by atoms with E-state index in [1.807, 2.05) is 65.3 Å². The average Bonchev–Trinajstić information content (AvgIpc) is 2.85. The van der Waals surface area contributed by atoms with Crippen molar-refractivity contribution in [3.63, 3.8) is 0 Å². The van der Waals surface area contributed by atoms with Crippen LogP contribution in [-0.4, -0.2) is 17.8 Å². The lowest BCUT2D eigenvalue weighted by molar-refractivity contribution is 0.432. The Kier molecular flexibility index (Phi) is 3.72. The molecule has 1 atom stereocenters. The van der Waals surface area contributed by atoms with Gasteiger partial charge in [-0.15, -0.1) is 0 Å². The highest BCUT2D eigenvalue weighted by atomic mass is 31.2. The molecule has 0 unspecified atom stereocenters. The van der Waals surface area contributed by atoms with Gasteiger partial charge in [-0.25, -0.2) is 4.57 Å². The molecule has 108 valence electrons. The van der Waals surface area contributed by atoms with Gasteiger partial charge in [-0.2, -0.15) is 0 Å². The Labute approximate surface area is 124 Å². The van der Waals surface area contributed by atoms with Crippen molar-refractivity contribution in [1.82, 2.24) is 4.67 Å². The highest BCUT2D eigenvalue weighted by molar-refractivity contribution is 7.59. The minimum Gasteiger partial charge on any atom is -0.414 e. The minimum absolute atomic E-state index is 0.593. The summed E-state index contributed by atoms with van der Waals surface area (Å²) in [5.41, 5.74) is 0.890. The molecule has 4 nitrogen and oxygen atoms in total. The van der Waals surface area contributed by atoms with Crippen molar-refractivity contribution in [3.8, 4) is 5.75 Å². The third-order valence-corrected chi connectivity index (χ3v) is 5.91. The number of hydrogen-bond donors (Lipinski definition) is 0. The first-order chi connectivity index (χ1) is 10.2. The molecular formula is C16H17N2O2P. The van der Waals surface area contributed by atoms with Crippen LogP contribution in [0.4, 0.5) is 5.69 Å². The van der Waals surface area contributed by atoms with E-state index in [2.05, 4.69) is 6.58 Å². The lowest BCUT2D eigenvalue weighted by Crippen LogP contribution is -2.20. The van der Waals surface area contributed by atoms with Crippen molar-refractivity contribution >= 4 is 13.4 Å². The summed E-state index contributed by atoms with van der Waals surface area (Å²) in [4.78, 5) is 0. The normalized spacial score (nSPS) is 21.3. The fourth-order valence-corrected chi connectivity index (χ4v) is 4.57. The average molecular weight is 300 g/mol. The molecule has 0 aliphatic carbocycles. The number of nitrogens with zero attached hydrogens (tertiary/aromatic N) is 2. The molecule has 5 heteroatoms. The SMILES string of the molecule is C=CN1CCN(c2ccccc2)[P@@]1(=O)Oc1ccccc1. The zero-order chi connectivity index (χ0) is 14.7. The predicted octanol–water partition coefficient (Wildman–Crippen LogP) is 4.14. The van der Waals surface area contributed by atoms with Gasteiger partial charge < -0.3 is 4.52 Å². The molecule has 0 spiro atoms. The Hall–Kier alpha value is -2.19. The first-order valence-corrected chi connectivity index (χ1v) is 8.34. The van der Waals surface area contributed by atoms with E-state index in [0.29, 0.717) is 18.8 Å². The van der Waals surface area contributed by atoms with Gasteiger partial charge in [0.15, 0.2) is 0 Å². The number of hydrogen-bond acceptors (Lipinski definition) is 2. The van der Waals surface area contributed by atoms with Crippen LogP contribution >= 0.6 is 7.67 Å². The molecule has 2 aromatic rings. The van der Waals surface area contributed by atoms with Gasteiger partial charge >= 0.3 is 7.67 Å². The maximum Gasteiger partial charge on any atom is 0.449 e. The Bertz CT molecular complexity index is 660. The molecule has 1 heterocycles. The summed E-state index contributed by atoms with van der Waals surface area (Å²) in [6.45, 7) is 5.02. The summed E-state index contributed by atoms with van der Waals surface area (Å²) in [5, 5.41) is 0. The molecule has 0 aromatic heterocycles. The van der Waals surface area contributed by atoms with Gasteiger partial charge in [-0.05, 0) is 24.3 Å². The van der Waals surface area contributed by atoms with Crippen LogP contribution in [0.15, 0.2) is 73.4 Å². The summed E-state index contributed by atoms with van der Waals surface area (Å²) in [6, 6.07) is 18.9. The van der Waals surface area contributed by atoms with Crippen molar-refractivity contribution in [3.05, 3.63) is 73.4 Å². The third-order valence-electron chi connectivity index (χ3n) is 3.40. The molecule has 1 fully saturated rings. The van der Waals surface area contributed by atoms with E-state index in [1.54, 1.807) is 10.9 Å². The van der Waals surface area contributed by atoms with Crippen molar-refractivity contribution in [2.75, 3.05) is 17.8 Å². The van der Waals surface area contributed by atoms with Crippen molar-refractivity contribution in [1.29, 1.82) is 0 Å². The van der Waals surface area contributed by atoms with Gasteiger partial charge in [0.05, 0.1) is 0 Å². The maximum atomic E-state index is 13.4. The Balaban J connectivity index is 1.97. The van der Waals surface area contributed by atoms with E-state index in [9.17, 15) is 4.57 Å². The highest BCUT2D eigenvalue weighted by Gasteiger charge is 2.44. The summed E-state index contributed by atoms with van der Waals surface area (Å²) >= 11 is 0. The second kappa shape index (κ2) is 5.66. The fraction of sp³-hybridized carbons (Fsp3) is 0.125. The van der Waals surface area contributed by atoms with Gasteiger partial charge in [-0.3, -0.25) is 9.34 Å². The van der Waals surface area contributed by atoms with Crippen LogP contribution in [0.25, 0.3) is 0 Å². The molecule has 0 radical (unpaired) electrons. The molecule has 3 rings (SSSR count). The van der Waals surface area contributed by atoms with Crippen molar-refractivity contribution in [2.24, 2.45) is 0 Å². The first kappa shape index (κ1) is 13.8. The molecule has 1 saturated heterocycles. The molecule has 1 aliphatic heterocycles. The second-order valence-electron chi connectivity index (χ2n) is 4.70. The van der Waals surface area contributed by atoms with Crippen LogP contribution in [0, 0.1) is 0 Å². The van der Waals surface area contributed by atoms with Crippen LogP contribution in [0.1, 0.15) is 0 Å². The van der Waals surface area contributed by atoms with Crippen LogP contribution in [0.5, 0.6) is 5.75 Å². The molecule has 0 saturated carbocycles. The largest absolute Gasteiger partial charge is 0.449 e. The Morgan fingerprint density at radius 3 is 2.24 bits per heavy atom. The van der Waals surface area contributed by atoms with Crippen molar-refractivity contribution < 1.29 is 9.09 Å². The van der Waals surface area contributed by atoms with E-state index in [4.69, 9.17) is 4.52 Å². The molecule has 21 heavy (non-hydrogen) atoms. The smallest absolute Gasteiger partial charge is 0.414 e. The van der Waals surface area contributed by atoms with Crippen LogP contribution in [0.3, 0.4) is 0 Å². The summed E-state index contributed by atoms with van der Waals surface area (Å²) < 4.78 is 22.8. The lowest BCUT2D eigenvalue weighted by atomic mass is 10.3. The molecule has 2 aromatic carbocycles. The number of anilines is 1. The van der Waals surface area contributed by atoms with Crippen LogP contribution in [-0.2, 0) is 4.57 Å². The standard InChI is InChI=1S/C16H17N2O2P/c1-2-17-13-14-18(15-9-5-3-6-10-15)21(17,19)20-16-11-7-4-8-12-16/h2-12H,1,13-14H2/t21-/m0/s1. The second-order valence-corrected chi connectivity index (χ2v) is 6.86. The van der Waals surface area contributed by atoms with Crippen LogP contribution in [0.2, 0.25) is 0 Å². The third kappa shape index (κ3) is 2.55. The van der Waals surface area contributed by atoms with E-state index in [1.165, 1.54) is 0 Å². The monoisotopic (exact) mass is 300 g/mol. The molecular weight excluding hydrogens is 283 g/mol. The van der Waals surface area contributed by atoms with Gasteiger partial charge in [-0.1, -0.05) is 43.0 Å². The predicted molar refractivity (Wildman–Crippen MR) is 85.4 cm³/mol. The van der Waals surface area contributed by atoms with E-state index >= 15 is 0 Å². The maximum absolute atomic E-state index is 13.4. The van der Waals surface area contributed by atoms with Gasteiger partial charge in [0.2, 0.25) is 0 Å². The molecule has 0 amide bonds. The quantitative estimate of drug-likeness (QED) is 0.795. The minimum atomic E-state index is -3.19. The van der Waals surface area contributed by atoms with Crippen LogP contribution < -0.4 is 9.19 Å². The zero-order valence-corrected chi connectivity index (χ0v) is 12.5. The number of rotatable bonds is 4. The van der Waals surface area contributed by atoms with Gasteiger partial charge in [0, 0.05) is 25.0 Å². The topological polar surface area (TPSA) is 32.8 Å². The fourth-order valence-electron chi connectivity index (χ4n) is 2.38. The number of benzene rings is 2. The Morgan fingerprint density at radius 2 is 1.62 bits per heavy atom. The summed E-state index contributed by atoms with van der Waals surface area (Å²) in [5.74, 6) is 0.593.